The highest BCUT2D eigenvalue weighted by Gasteiger charge is 2.13. The van der Waals surface area contributed by atoms with Gasteiger partial charge in [-0.15, -0.1) is 0 Å². The van der Waals surface area contributed by atoms with Crippen molar-refractivity contribution in [3.8, 4) is 5.75 Å². The van der Waals surface area contributed by atoms with Crippen molar-refractivity contribution in [2.24, 2.45) is 0 Å². The average molecular weight is 407 g/mol. The molecule has 0 saturated heterocycles. The first-order valence-corrected chi connectivity index (χ1v) is 11.6. The monoisotopic (exact) mass is 406 g/mol. The van der Waals surface area contributed by atoms with Crippen molar-refractivity contribution in [3.05, 3.63) is 28.3 Å². The third-order valence-corrected chi connectivity index (χ3v) is 5.39. The van der Waals surface area contributed by atoms with Gasteiger partial charge < -0.3 is 9.64 Å². The Morgan fingerprint density at radius 2 is 1.31 bits per heavy atom. The van der Waals surface area contributed by atoms with E-state index in [-0.39, 0.29) is 10.6 Å². The average Bonchev–Trinajstić information content (AvgIpc) is 2.70. The molecule has 1 aromatic carbocycles. The minimum Gasteiger partial charge on any atom is -0.491 e. The largest absolute Gasteiger partial charge is 0.491 e. The van der Waals surface area contributed by atoms with Crippen molar-refractivity contribution in [3.63, 3.8) is 0 Å². The summed E-state index contributed by atoms with van der Waals surface area (Å²) in [6.07, 6.45) is 18.6. The van der Waals surface area contributed by atoms with Crippen LogP contribution in [0, 0.1) is 10.1 Å². The van der Waals surface area contributed by atoms with Gasteiger partial charge in [-0.3, -0.25) is 10.1 Å². The summed E-state index contributed by atoms with van der Waals surface area (Å²) in [6, 6.07) is 4.80. The second-order valence-electron chi connectivity index (χ2n) is 8.25. The van der Waals surface area contributed by atoms with Crippen molar-refractivity contribution < 1.29 is 9.66 Å². The Hall–Kier alpha value is -1.78. The van der Waals surface area contributed by atoms with E-state index in [1.807, 2.05) is 19.0 Å². The highest BCUT2D eigenvalue weighted by Crippen LogP contribution is 2.31. The van der Waals surface area contributed by atoms with E-state index in [2.05, 4.69) is 6.92 Å². The Morgan fingerprint density at radius 3 is 1.76 bits per heavy atom. The molecule has 0 unspecified atom stereocenters. The van der Waals surface area contributed by atoms with Gasteiger partial charge in [0.2, 0.25) is 0 Å². The number of hydrogen-bond acceptors (Lipinski definition) is 4. The van der Waals surface area contributed by atoms with Crippen molar-refractivity contribution in [2.45, 2.75) is 96.8 Å². The van der Waals surface area contributed by atoms with Crippen LogP contribution in [-0.2, 0) is 0 Å². The third-order valence-electron chi connectivity index (χ3n) is 5.39. The zero-order chi connectivity index (χ0) is 21.3. The van der Waals surface area contributed by atoms with Crippen LogP contribution in [0.4, 0.5) is 11.4 Å². The molecular weight excluding hydrogens is 364 g/mol. The molecule has 0 N–H and O–H groups in total. The maximum atomic E-state index is 11.0. The molecule has 1 rings (SSSR count). The van der Waals surface area contributed by atoms with Crippen LogP contribution >= 0.6 is 0 Å². The first-order chi connectivity index (χ1) is 14.1. The van der Waals surface area contributed by atoms with Gasteiger partial charge >= 0.3 is 0 Å². The Labute approximate surface area is 178 Å². The quantitative estimate of drug-likeness (QED) is 0.144. The van der Waals surface area contributed by atoms with Crippen LogP contribution < -0.4 is 9.64 Å². The lowest BCUT2D eigenvalue weighted by Gasteiger charge is -2.17. The fourth-order valence-electron chi connectivity index (χ4n) is 3.58. The van der Waals surface area contributed by atoms with E-state index in [4.69, 9.17) is 4.74 Å². The molecule has 1 aromatic rings. The Kier molecular flexibility index (Phi) is 14.0. The summed E-state index contributed by atoms with van der Waals surface area (Å²) in [5.74, 6) is 0.596. The van der Waals surface area contributed by atoms with Gasteiger partial charge in [-0.05, 0) is 12.5 Å². The summed E-state index contributed by atoms with van der Waals surface area (Å²) >= 11 is 0. The molecule has 0 saturated carbocycles. The topological polar surface area (TPSA) is 55.6 Å². The van der Waals surface area contributed by atoms with E-state index in [0.29, 0.717) is 12.4 Å². The lowest BCUT2D eigenvalue weighted by atomic mass is 10.0. The van der Waals surface area contributed by atoms with Crippen molar-refractivity contribution in [1.82, 2.24) is 0 Å². The van der Waals surface area contributed by atoms with Crippen molar-refractivity contribution in [2.75, 3.05) is 25.6 Å². The molecule has 0 atom stereocenters. The number of benzene rings is 1. The number of nitro groups is 1. The van der Waals surface area contributed by atoms with Gasteiger partial charge in [-0.1, -0.05) is 90.4 Å². The van der Waals surface area contributed by atoms with E-state index in [0.717, 1.165) is 18.5 Å². The molecule has 5 heteroatoms. The van der Waals surface area contributed by atoms with E-state index < -0.39 is 0 Å². The molecule has 29 heavy (non-hydrogen) atoms. The maximum Gasteiger partial charge on any atom is 0.273 e. The lowest BCUT2D eigenvalue weighted by Crippen LogP contribution is -2.11. The lowest BCUT2D eigenvalue weighted by molar-refractivity contribution is -0.384. The molecule has 5 nitrogen and oxygen atoms in total. The maximum absolute atomic E-state index is 11.0. The molecule has 0 aliphatic rings. The minimum absolute atomic E-state index is 0.0755. The summed E-state index contributed by atoms with van der Waals surface area (Å²) in [5, 5.41) is 11.0. The number of nitro benzene ring substituents is 1. The predicted octanol–water partition coefficient (Wildman–Crippen LogP) is 7.52. The van der Waals surface area contributed by atoms with Gasteiger partial charge in [0.05, 0.1) is 23.3 Å². The van der Waals surface area contributed by atoms with Gasteiger partial charge in [0.1, 0.15) is 5.75 Å². The van der Waals surface area contributed by atoms with Crippen LogP contribution in [0.3, 0.4) is 0 Å². The number of anilines is 1. The van der Waals surface area contributed by atoms with Gasteiger partial charge in [0.15, 0.2) is 0 Å². The van der Waals surface area contributed by atoms with Gasteiger partial charge in [-0.2, -0.15) is 0 Å². The zero-order valence-electron chi connectivity index (χ0n) is 19.0. The fraction of sp³-hybridized carbons (Fsp3) is 0.750. The van der Waals surface area contributed by atoms with E-state index in [1.54, 1.807) is 6.07 Å². The van der Waals surface area contributed by atoms with Crippen LogP contribution in [0.2, 0.25) is 0 Å². The van der Waals surface area contributed by atoms with Crippen LogP contribution in [0.1, 0.15) is 96.8 Å². The molecule has 0 spiro atoms. The van der Waals surface area contributed by atoms with Crippen LogP contribution in [-0.4, -0.2) is 25.6 Å². The number of non-ortho nitro benzene ring substituents is 1. The number of rotatable bonds is 18. The van der Waals surface area contributed by atoms with Crippen LogP contribution in [0.25, 0.3) is 0 Å². The highest BCUT2D eigenvalue weighted by atomic mass is 16.6. The summed E-state index contributed by atoms with van der Waals surface area (Å²) in [6.45, 7) is 2.88. The molecule has 0 radical (unpaired) electrons. The third kappa shape index (κ3) is 11.7. The molecule has 0 fully saturated rings. The van der Waals surface area contributed by atoms with E-state index in [1.165, 1.54) is 89.2 Å². The van der Waals surface area contributed by atoms with E-state index >= 15 is 0 Å². The molecule has 0 aliphatic heterocycles. The normalized spacial score (nSPS) is 10.9. The smallest absolute Gasteiger partial charge is 0.273 e. The zero-order valence-corrected chi connectivity index (χ0v) is 19.0. The molecule has 0 heterocycles. The van der Waals surface area contributed by atoms with Crippen LogP contribution in [0.15, 0.2) is 18.2 Å². The predicted molar refractivity (Wildman–Crippen MR) is 123 cm³/mol. The summed E-state index contributed by atoms with van der Waals surface area (Å²) in [7, 11) is 3.83. The van der Waals surface area contributed by atoms with Gasteiger partial charge in [0.25, 0.3) is 5.69 Å². The number of nitrogens with zero attached hydrogens (tertiary/aromatic N) is 2. The first-order valence-electron chi connectivity index (χ1n) is 11.6. The molecular formula is C24H42N2O3. The number of unbranched alkanes of at least 4 members (excludes halogenated alkanes) is 13. The molecule has 0 amide bonds. The Morgan fingerprint density at radius 1 is 0.828 bits per heavy atom. The summed E-state index contributed by atoms with van der Waals surface area (Å²) < 4.78 is 5.85. The summed E-state index contributed by atoms with van der Waals surface area (Å²) in [4.78, 5) is 12.5. The Bertz CT molecular complexity index is 561. The second-order valence-corrected chi connectivity index (χ2v) is 8.25. The molecule has 166 valence electrons. The molecule has 0 aromatic heterocycles. The number of hydrogen-bond donors (Lipinski definition) is 0. The molecule has 0 aliphatic carbocycles. The molecule has 0 bridgehead atoms. The first kappa shape index (κ1) is 25.3. The standard InChI is InChI=1S/C24H42N2O3/c1-4-5-6-7-8-9-10-11-12-13-14-15-16-17-20-29-24-21-22(26(27)28)18-19-23(24)25(2)3/h18-19,21H,4-17,20H2,1-3H3. The fourth-order valence-corrected chi connectivity index (χ4v) is 3.58. The van der Waals surface area contributed by atoms with Gasteiger partial charge in [0, 0.05) is 20.2 Å². The van der Waals surface area contributed by atoms with Crippen molar-refractivity contribution >= 4 is 11.4 Å². The second kappa shape index (κ2) is 16.1. The summed E-state index contributed by atoms with van der Waals surface area (Å²) in [5.41, 5.74) is 0.951. The minimum atomic E-state index is -0.376. The Balaban J connectivity index is 2.05. The van der Waals surface area contributed by atoms with Crippen LogP contribution in [0.5, 0.6) is 5.75 Å². The highest BCUT2D eigenvalue weighted by molar-refractivity contribution is 5.61. The van der Waals surface area contributed by atoms with Crippen molar-refractivity contribution in [1.29, 1.82) is 0 Å². The SMILES string of the molecule is CCCCCCCCCCCCCCCCOc1cc([N+](=O)[O-])ccc1N(C)C. The van der Waals surface area contributed by atoms with E-state index in [9.17, 15) is 10.1 Å². The number of ether oxygens (including phenoxy) is 1. The van der Waals surface area contributed by atoms with Gasteiger partial charge in [-0.25, -0.2) is 0 Å².